The number of fused-ring (bicyclic) bond motifs is 1. The summed E-state index contributed by atoms with van der Waals surface area (Å²) in [4.78, 5) is 4.06. The topological polar surface area (TPSA) is 42.4 Å². The second-order valence-electron chi connectivity index (χ2n) is 4.74. The van der Waals surface area contributed by atoms with E-state index >= 15 is 0 Å². The monoisotopic (exact) mass is 283 g/mol. The third kappa shape index (κ3) is 2.45. The summed E-state index contributed by atoms with van der Waals surface area (Å²) in [7, 11) is 1.41. The summed E-state index contributed by atoms with van der Waals surface area (Å²) in [5.74, 6) is -0.330. The molecule has 0 saturated carbocycles. The second-order valence-corrected chi connectivity index (χ2v) is 4.74. The largest absolute Gasteiger partial charge is 0.494 e. The molecule has 1 unspecified atom stereocenters. The molecule has 4 heteroatoms. The Morgan fingerprint density at radius 2 is 2.05 bits per heavy atom. The summed E-state index contributed by atoms with van der Waals surface area (Å²) >= 11 is 0. The van der Waals surface area contributed by atoms with Crippen LogP contribution in [0.25, 0.3) is 10.8 Å². The summed E-state index contributed by atoms with van der Waals surface area (Å²) < 4.78 is 18.7. The molecule has 21 heavy (non-hydrogen) atoms. The first-order valence-electron chi connectivity index (χ1n) is 6.55. The van der Waals surface area contributed by atoms with E-state index in [2.05, 4.69) is 4.98 Å². The molecule has 3 rings (SSSR count). The molecular formula is C17H14FNO2. The number of hydrogen-bond donors (Lipinski definition) is 1. The third-order valence-corrected chi connectivity index (χ3v) is 3.50. The smallest absolute Gasteiger partial charge is 0.165 e. The van der Waals surface area contributed by atoms with E-state index < -0.39 is 11.9 Å². The van der Waals surface area contributed by atoms with Crippen LogP contribution in [0.5, 0.6) is 5.75 Å². The molecule has 0 bridgehead atoms. The standard InChI is InChI=1S/C17H14FNO2/c1-21-16-6-5-11(9-15(16)18)17(20)14-4-2-3-12-10-19-8-7-13(12)14/h2-10,17,20H,1H3. The van der Waals surface area contributed by atoms with Crippen molar-refractivity contribution >= 4 is 10.8 Å². The molecular weight excluding hydrogens is 269 g/mol. The highest BCUT2D eigenvalue weighted by atomic mass is 19.1. The van der Waals surface area contributed by atoms with Gasteiger partial charge < -0.3 is 9.84 Å². The van der Waals surface area contributed by atoms with Crippen molar-refractivity contribution in [1.82, 2.24) is 4.98 Å². The molecule has 0 saturated heterocycles. The van der Waals surface area contributed by atoms with Gasteiger partial charge in [-0.2, -0.15) is 0 Å². The highest BCUT2D eigenvalue weighted by Crippen LogP contribution is 2.30. The third-order valence-electron chi connectivity index (χ3n) is 3.50. The maximum Gasteiger partial charge on any atom is 0.165 e. The number of methoxy groups -OCH3 is 1. The Bertz CT molecular complexity index is 783. The van der Waals surface area contributed by atoms with Crippen LogP contribution in [-0.4, -0.2) is 17.2 Å². The van der Waals surface area contributed by atoms with Gasteiger partial charge in [0.25, 0.3) is 0 Å². The number of aliphatic hydroxyl groups excluding tert-OH is 1. The number of benzene rings is 2. The van der Waals surface area contributed by atoms with Gasteiger partial charge in [-0.05, 0) is 34.7 Å². The molecule has 1 heterocycles. The van der Waals surface area contributed by atoms with Crippen LogP contribution in [0.1, 0.15) is 17.2 Å². The van der Waals surface area contributed by atoms with Crippen molar-refractivity contribution in [2.24, 2.45) is 0 Å². The number of rotatable bonds is 3. The normalized spacial score (nSPS) is 12.3. The summed E-state index contributed by atoms with van der Waals surface area (Å²) in [6.45, 7) is 0. The van der Waals surface area contributed by atoms with Gasteiger partial charge in [-0.15, -0.1) is 0 Å². The average Bonchev–Trinajstić information content (AvgIpc) is 2.53. The molecule has 2 aromatic carbocycles. The van der Waals surface area contributed by atoms with E-state index in [0.29, 0.717) is 5.56 Å². The van der Waals surface area contributed by atoms with Gasteiger partial charge in [-0.3, -0.25) is 4.98 Å². The molecule has 0 spiro atoms. The Morgan fingerprint density at radius 3 is 2.81 bits per heavy atom. The second kappa shape index (κ2) is 5.50. The number of ether oxygens (including phenoxy) is 1. The lowest BCUT2D eigenvalue weighted by Gasteiger charge is -2.15. The Labute approximate surface area is 121 Å². The van der Waals surface area contributed by atoms with Crippen molar-refractivity contribution < 1.29 is 14.2 Å². The van der Waals surface area contributed by atoms with Crippen molar-refractivity contribution in [2.75, 3.05) is 7.11 Å². The fourth-order valence-corrected chi connectivity index (χ4v) is 2.42. The van der Waals surface area contributed by atoms with Crippen LogP contribution in [0.15, 0.2) is 54.9 Å². The Hall–Kier alpha value is -2.46. The van der Waals surface area contributed by atoms with Crippen LogP contribution in [0.4, 0.5) is 4.39 Å². The van der Waals surface area contributed by atoms with E-state index in [0.717, 1.165) is 16.3 Å². The van der Waals surface area contributed by atoms with Crippen LogP contribution in [0, 0.1) is 5.82 Å². The van der Waals surface area contributed by atoms with Crippen molar-refractivity contribution in [1.29, 1.82) is 0 Å². The molecule has 1 N–H and O–H groups in total. The Balaban J connectivity index is 2.08. The lowest BCUT2D eigenvalue weighted by molar-refractivity contribution is 0.221. The SMILES string of the molecule is COc1ccc(C(O)c2cccc3cnccc23)cc1F. The van der Waals surface area contributed by atoms with Gasteiger partial charge in [0.2, 0.25) is 0 Å². The molecule has 0 radical (unpaired) electrons. The van der Waals surface area contributed by atoms with E-state index in [1.165, 1.54) is 19.2 Å². The van der Waals surface area contributed by atoms with E-state index in [-0.39, 0.29) is 5.75 Å². The highest BCUT2D eigenvalue weighted by molar-refractivity contribution is 5.85. The minimum Gasteiger partial charge on any atom is -0.494 e. The first kappa shape index (κ1) is 13.5. The van der Waals surface area contributed by atoms with E-state index in [9.17, 15) is 9.50 Å². The maximum absolute atomic E-state index is 13.8. The van der Waals surface area contributed by atoms with Crippen molar-refractivity contribution in [3.63, 3.8) is 0 Å². The number of pyridine rings is 1. The predicted molar refractivity (Wildman–Crippen MR) is 78.8 cm³/mol. The van der Waals surface area contributed by atoms with Gasteiger partial charge in [0.15, 0.2) is 11.6 Å². The minimum atomic E-state index is -0.906. The van der Waals surface area contributed by atoms with E-state index in [4.69, 9.17) is 4.74 Å². The molecule has 0 fully saturated rings. The van der Waals surface area contributed by atoms with Gasteiger partial charge in [0.05, 0.1) is 7.11 Å². The maximum atomic E-state index is 13.8. The number of nitrogens with zero attached hydrogens (tertiary/aromatic N) is 1. The van der Waals surface area contributed by atoms with Gasteiger partial charge in [-0.25, -0.2) is 4.39 Å². The van der Waals surface area contributed by atoms with Crippen LogP contribution >= 0.6 is 0 Å². The van der Waals surface area contributed by atoms with Crippen LogP contribution in [-0.2, 0) is 0 Å². The first-order chi connectivity index (χ1) is 10.2. The molecule has 0 amide bonds. The molecule has 1 atom stereocenters. The minimum absolute atomic E-state index is 0.160. The van der Waals surface area contributed by atoms with Gasteiger partial charge in [0, 0.05) is 17.8 Å². The predicted octanol–water partition coefficient (Wildman–Crippen LogP) is 3.46. The van der Waals surface area contributed by atoms with Crippen molar-refractivity contribution in [3.05, 3.63) is 71.8 Å². The van der Waals surface area contributed by atoms with Crippen molar-refractivity contribution in [3.8, 4) is 5.75 Å². The summed E-state index contributed by atoms with van der Waals surface area (Å²) in [5, 5.41) is 12.4. The van der Waals surface area contributed by atoms with Gasteiger partial charge in [0.1, 0.15) is 6.10 Å². The van der Waals surface area contributed by atoms with E-state index in [1.807, 2.05) is 24.3 Å². The van der Waals surface area contributed by atoms with Crippen LogP contribution in [0.2, 0.25) is 0 Å². The number of aromatic nitrogens is 1. The molecule has 1 aromatic heterocycles. The zero-order valence-electron chi connectivity index (χ0n) is 11.5. The van der Waals surface area contributed by atoms with Crippen LogP contribution in [0.3, 0.4) is 0 Å². The molecule has 0 aliphatic heterocycles. The zero-order chi connectivity index (χ0) is 14.8. The number of hydrogen-bond acceptors (Lipinski definition) is 3. The lowest BCUT2D eigenvalue weighted by Crippen LogP contribution is -2.02. The van der Waals surface area contributed by atoms with E-state index in [1.54, 1.807) is 18.5 Å². The highest BCUT2D eigenvalue weighted by Gasteiger charge is 2.15. The molecule has 0 aliphatic rings. The summed E-state index contributed by atoms with van der Waals surface area (Å²) in [6.07, 6.45) is 2.50. The number of aliphatic hydroxyl groups is 1. The zero-order valence-corrected chi connectivity index (χ0v) is 11.5. The van der Waals surface area contributed by atoms with Crippen molar-refractivity contribution in [2.45, 2.75) is 6.10 Å². The fraction of sp³-hybridized carbons (Fsp3) is 0.118. The number of halogens is 1. The molecule has 0 aliphatic carbocycles. The Kier molecular flexibility index (Phi) is 3.54. The lowest BCUT2D eigenvalue weighted by atomic mass is 9.96. The molecule has 106 valence electrons. The van der Waals surface area contributed by atoms with Gasteiger partial charge >= 0.3 is 0 Å². The summed E-state index contributed by atoms with van der Waals surface area (Å²) in [6, 6.07) is 11.9. The summed E-state index contributed by atoms with van der Waals surface area (Å²) in [5.41, 5.74) is 1.21. The van der Waals surface area contributed by atoms with Crippen LogP contribution < -0.4 is 4.74 Å². The molecule has 3 nitrogen and oxygen atoms in total. The van der Waals surface area contributed by atoms with Gasteiger partial charge in [-0.1, -0.05) is 24.3 Å². The molecule has 3 aromatic rings. The fourth-order valence-electron chi connectivity index (χ4n) is 2.42. The Morgan fingerprint density at radius 1 is 1.19 bits per heavy atom. The first-order valence-corrected chi connectivity index (χ1v) is 6.55. The quantitative estimate of drug-likeness (QED) is 0.800. The average molecular weight is 283 g/mol.